The van der Waals surface area contributed by atoms with Crippen LogP contribution in [-0.4, -0.2) is 43.8 Å². The van der Waals surface area contributed by atoms with E-state index in [9.17, 15) is 13.2 Å². The maximum Gasteiger partial charge on any atom is 0.401 e. The predicted octanol–water partition coefficient (Wildman–Crippen LogP) is 1.87. The molecule has 0 heterocycles. The molecule has 0 aliphatic heterocycles. The van der Waals surface area contributed by atoms with Gasteiger partial charge in [-0.3, -0.25) is 4.90 Å². The summed E-state index contributed by atoms with van der Waals surface area (Å²) in [6, 6.07) is -0.0457. The van der Waals surface area contributed by atoms with Crippen molar-refractivity contribution in [2.45, 2.75) is 32.5 Å². The van der Waals surface area contributed by atoms with Crippen molar-refractivity contribution in [3.05, 3.63) is 0 Å². The smallest absolute Gasteiger partial charge is 0.317 e. The number of alkyl halides is 3. The van der Waals surface area contributed by atoms with Crippen LogP contribution in [0.1, 0.15) is 20.3 Å². The minimum absolute atomic E-state index is 0.0457. The van der Waals surface area contributed by atoms with Crippen LogP contribution in [0.5, 0.6) is 0 Å². The van der Waals surface area contributed by atoms with E-state index >= 15 is 0 Å². The van der Waals surface area contributed by atoms with Crippen molar-refractivity contribution in [3.63, 3.8) is 0 Å². The summed E-state index contributed by atoms with van der Waals surface area (Å²) < 4.78 is 36.0. The third kappa shape index (κ3) is 7.15. The fourth-order valence-electron chi connectivity index (χ4n) is 1.15. The molecule has 0 amide bonds. The lowest BCUT2D eigenvalue weighted by atomic mass is 10.2. The second kappa shape index (κ2) is 6.24. The predicted molar refractivity (Wildman–Crippen MR) is 51.3 cm³/mol. The summed E-state index contributed by atoms with van der Waals surface area (Å²) in [6.45, 7) is 4.57. The first-order valence-electron chi connectivity index (χ1n) is 4.84. The maximum atomic E-state index is 12.0. The molecular formula is C9H19F3N2. The van der Waals surface area contributed by atoms with E-state index in [0.29, 0.717) is 0 Å². The van der Waals surface area contributed by atoms with E-state index in [1.54, 1.807) is 0 Å². The zero-order valence-corrected chi connectivity index (χ0v) is 8.99. The van der Waals surface area contributed by atoms with Crippen LogP contribution in [0.4, 0.5) is 13.2 Å². The van der Waals surface area contributed by atoms with Gasteiger partial charge < -0.3 is 5.32 Å². The van der Waals surface area contributed by atoms with Gasteiger partial charge in [0.25, 0.3) is 0 Å². The quantitative estimate of drug-likeness (QED) is 0.676. The van der Waals surface area contributed by atoms with Gasteiger partial charge in [0.05, 0.1) is 6.54 Å². The first-order valence-corrected chi connectivity index (χ1v) is 4.84. The van der Waals surface area contributed by atoms with Crippen LogP contribution < -0.4 is 5.32 Å². The first kappa shape index (κ1) is 13.7. The van der Waals surface area contributed by atoms with Gasteiger partial charge >= 0.3 is 6.18 Å². The monoisotopic (exact) mass is 212 g/mol. The summed E-state index contributed by atoms with van der Waals surface area (Å²) in [5.74, 6) is 0. The molecule has 14 heavy (non-hydrogen) atoms. The minimum atomic E-state index is -4.10. The summed E-state index contributed by atoms with van der Waals surface area (Å²) >= 11 is 0. The average Bonchev–Trinajstić information content (AvgIpc) is 2.01. The van der Waals surface area contributed by atoms with Crippen molar-refractivity contribution in [2.24, 2.45) is 0 Å². The van der Waals surface area contributed by atoms with Crippen LogP contribution in [0, 0.1) is 0 Å². The van der Waals surface area contributed by atoms with E-state index in [4.69, 9.17) is 0 Å². The standard InChI is InChI=1S/C9H19F3N2/c1-4-13-6-5-8(2)14(3)7-9(10,11)12/h8,13H,4-7H2,1-3H3. The van der Waals surface area contributed by atoms with Gasteiger partial charge in [-0.1, -0.05) is 6.92 Å². The van der Waals surface area contributed by atoms with Gasteiger partial charge in [-0.25, -0.2) is 0 Å². The Bertz CT molecular complexity index is 147. The van der Waals surface area contributed by atoms with E-state index in [0.717, 1.165) is 19.5 Å². The largest absolute Gasteiger partial charge is 0.401 e. The van der Waals surface area contributed by atoms with Crippen molar-refractivity contribution >= 4 is 0 Å². The van der Waals surface area contributed by atoms with Crippen molar-refractivity contribution in [2.75, 3.05) is 26.7 Å². The lowest BCUT2D eigenvalue weighted by Gasteiger charge is -2.25. The fourth-order valence-corrected chi connectivity index (χ4v) is 1.15. The van der Waals surface area contributed by atoms with Crippen LogP contribution in [0.25, 0.3) is 0 Å². The molecule has 86 valence electrons. The highest BCUT2D eigenvalue weighted by Crippen LogP contribution is 2.17. The van der Waals surface area contributed by atoms with Gasteiger partial charge in [-0.05, 0) is 33.5 Å². The molecule has 2 nitrogen and oxygen atoms in total. The maximum absolute atomic E-state index is 12.0. The highest BCUT2D eigenvalue weighted by atomic mass is 19.4. The molecule has 0 aromatic heterocycles. The summed E-state index contributed by atoms with van der Waals surface area (Å²) in [4.78, 5) is 1.33. The Morgan fingerprint density at radius 2 is 1.93 bits per heavy atom. The van der Waals surface area contributed by atoms with Crippen molar-refractivity contribution in [3.8, 4) is 0 Å². The number of hydrogen-bond acceptors (Lipinski definition) is 2. The molecule has 0 rings (SSSR count). The molecule has 0 radical (unpaired) electrons. The lowest BCUT2D eigenvalue weighted by Crippen LogP contribution is -2.38. The molecule has 0 aliphatic carbocycles. The number of rotatable bonds is 6. The minimum Gasteiger partial charge on any atom is -0.317 e. The van der Waals surface area contributed by atoms with Crippen LogP contribution >= 0.6 is 0 Å². The van der Waals surface area contributed by atoms with Crippen LogP contribution in [-0.2, 0) is 0 Å². The van der Waals surface area contributed by atoms with Gasteiger partial charge in [-0.2, -0.15) is 13.2 Å². The lowest BCUT2D eigenvalue weighted by molar-refractivity contribution is -0.147. The molecule has 1 atom stereocenters. The fraction of sp³-hybridized carbons (Fsp3) is 1.00. The molecule has 0 spiro atoms. The highest BCUT2D eigenvalue weighted by Gasteiger charge is 2.30. The molecule has 0 saturated heterocycles. The van der Waals surface area contributed by atoms with Gasteiger partial charge in [0.2, 0.25) is 0 Å². The van der Waals surface area contributed by atoms with Crippen LogP contribution in [0.3, 0.4) is 0 Å². The molecule has 0 saturated carbocycles. The average molecular weight is 212 g/mol. The van der Waals surface area contributed by atoms with Crippen LogP contribution in [0.15, 0.2) is 0 Å². The Morgan fingerprint density at radius 3 is 2.36 bits per heavy atom. The molecule has 5 heteroatoms. The zero-order chi connectivity index (χ0) is 11.2. The number of nitrogens with one attached hydrogen (secondary N) is 1. The number of nitrogens with zero attached hydrogens (tertiary/aromatic N) is 1. The Kier molecular flexibility index (Phi) is 6.11. The third-order valence-corrected chi connectivity index (χ3v) is 2.17. The molecule has 0 aromatic carbocycles. The number of halogens is 3. The van der Waals surface area contributed by atoms with E-state index in [-0.39, 0.29) is 6.04 Å². The second-order valence-electron chi connectivity index (χ2n) is 3.52. The third-order valence-electron chi connectivity index (χ3n) is 2.17. The van der Waals surface area contributed by atoms with E-state index in [2.05, 4.69) is 5.32 Å². The molecule has 0 bridgehead atoms. The van der Waals surface area contributed by atoms with Gasteiger partial charge in [0.15, 0.2) is 0 Å². The Hall–Kier alpha value is -0.290. The molecule has 1 unspecified atom stereocenters. The van der Waals surface area contributed by atoms with Gasteiger partial charge in [0.1, 0.15) is 0 Å². The van der Waals surface area contributed by atoms with Gasteiger partial charge in [0, 0.05) is 6.04 Å². The summed E-state index contributed by atoms with van der Waals surface area (Å²) in [5, 5.41) is 3.09. The van der Waals surface area contributed by atoms with Crippen molar-refractivity contribution in [1.29, 1.82) is 0 Å². The molecular weight excluding hydrogens is 193 g/mol. The summed E-state index contributed by atoms with van der Waals surface area (Å²) in [5.41, 5.74) is 0. The van der Waals surface area contributed by atoms with E-state index in [1.165, 1.54) is 11.9 Å². The second-order valence-corrected chi connectivity index (χ2v) is 3.52. The Balaban J connectivity index is 3.70. The topological polar surface area (TPSA) is 15.3 Å². The normalized spacial score (nSPS) is 14.8. The van der Waals surface area contributed by atoms with Crippen molar-refractivity contribution in [1.82, 2.24) is 10.2 Å². The number of hydrogen-bond donors (Lipinski definition) is 1. The molecule has 0 aromatic rings. The van der Waals surface area contributed by atoms with Gasteiger partial charge in [-0.15, -0.1) is 0 Å². The van der Waals surface area contributed by atoms with Crippen molar-refractivity contribution < 1.29 is 13.2 Å². The van der Waals surface area contributed by atoms with Crippen LogP contribution in [0.2, 0.25) is 0 Å². The van der Waals surface area contributed by atoms with E-state index in [1.807, 2.05) is 13.8 Å². The highest BCUT2D eigenvalue weighted by molar-refractivity contribution is 4.67. The molecule has 0 aliphatic rings. The Labute approximate surface area is 83.5 Å². The summed E-state index contributed by atoms with van der Waals surface area (Å²) in [6.07, 6.45) is -3.36. The molecule has 0 fully saturated rings. The SMILES string of the molecule is CCNCCC(C)N(C)CC(F)(F)F. The summed E-state index contributed by atoms with van der Waals surface area (Å²) in [7, 11) is 1.50. The molecule has 1 N–H and O–H groups in total. The Morgan fingerprint density at radius 1 is 1.36 bits per heavy atom. The zero-order valence-electron chi connectivity index (χ0n) is 8.99. The van der Waals surface area contributed by atoms with E-state index < -0.39 is 12.7 Å². The first-order chi connectivity index (χ1) is 6.37.